The first-order valence-corrected chi connectivity index (χ1v) is 6.12. The van der Waals surface area contributed by atoms with E-state index in [-0.39, 0.29) is 0 Å². The molecule has 88 valence electrons. The highest BCUT2D eigenvalue weighted by atomic mass is 79.9. The molecule has 0 aliphatic heterocycles. The molecule has 0 aliphatic carbocycles. The lowest BCUT2D eigenvalue weighted by atomic mass is 10.2. The van der Waals surface area contributed by atoms with Crippen LogP contribution in [0.2, 0.25) is 5.15 Å². The minimum absolute atomic E-state index is 0.355. The average Bonchev–Trinajstić information content (AvgIpc) is 2.32. The molecule has 0 fully saturated rings. The van der Waals surface area contributed by atoms with Crippen LogP contribution >= 0.6 is 27.5 Å². The maximum atomic E-state index is 5.77. The number of rotatable bonds is 3. The molecule has 3 nitrogen and oxygen atoms in total. The molecule has 0 atom stereocenters. The van der Waals surface area contributed by atoms with Crippen molar-refractivity contribution in [1.82, 2.24) is 4.98 Å². The largest absolute Gasteiger partial charge is 0.471 e. The molecule has 0 saturated carbocycles. The molecule has 17 heavy (non-hydrogen) atoms. The zero-order valence-corrected chi connectivity index (χ0v) is 11.2. The van der Waals surface area contributed by atoms with Crippen molar-refractivity contribution in [2.45, 2.75) is 6.61 Å². The number of hydrogen-bond donors (Lipinski definition) is 1. The van der Waals surface area contributed by atoms with E-state index in [1.807, 2.05) is 24.3 Å². The first-order chi connectivity index (χ1) is 8.16. The van der Waals surface area contributed by atoms with Gasteiger partial charge < -0.3 is 10.5 Å². The fourth-order valence-corrected chi connectivity index (χ4v) is 1.84. The standard InChI is InChI=1S/C12H10BrClN2O/c13-9-4-2-1-3-8(9)7-17-12-10(15)5-6-11(14)16-12/h1-6H,7,15H2. The third-order valence-corrected chi connectivity index (χ3v) is 3.16. The Morgan fingerprint density at radius 3 is 2.76 bits per heavy atom. The molecule has 5 heteroatoms. The summed E-state index contributed by atoms with van der Waals surface area (Å²) in [5.41, 5.74) is 7.23. The Balaban J connectivity index is 2.12. The topological polar surface area (TPSA) is 48.1 Å². The SMILES string of the molecule is Nc1ccc(Cl)nc1OCc1ccccc1Br. The van der Waals surface area contributed by atoms with Crippen molar-refractivity contribution in [3.05, 3.63) is 51.6 Å². The fraction of sp³-hybridized carbons (Fsp3) is 0.0833. The van der Waals surface area contributed by atoms with Crippen LogP contribution < -0.4 is 10.5 Å². The van der Waals surface area contributed by atoms with E-state index in [9.17, 15) is 0 Å². The molecule has 1 heterocycles. The van der Waals surface area contributed by atoms with Crippen LogP contribution in [0.3, 0.4) is 0 Å². The smallest absolute Gasteiger partial charge is 0.238 e. The van der Waals surface area contributed by atoms with Gasteiger partial charge in [-0.25, -0.2) is 0 Å². The van der Waals surface area contributed by atoms with Crippen molar-refractivity contribution in [3.63, 3.8) is 0 Å². The summed E-state index contributed by atoms with van der Waals surface area (Å²) < 4.78 is 6.52. The minimum atomic E-state index is 0.355. The molecule has 0 spiro atoms. The Morgan fingerprint density at radius 1 is 1.24 bits per heavy atom. The lowest BCUT2D eigenvalue weighted by molar-refractivity contribution is 0.295. The van der Waals surface area contributed by atoms with Gasteiger partial charge in [0.1, 0.15) is 11.8 Å². The van der Waals surface area contributed by atoms with Crippen LogP contribution in [0.15, 0.2) is 40.9 Å². The van der Waals surface area contributed by atoms with E-state index in [4.69, 9.17) is 22.1 Å². The van der Waals surface area contributed by atoms with Gasteiger partial charge in [0.15, 0.2) is 0 Å². The second-order valence-corrected chi connectivity index (χ2v) is 4.65. The molecule has 2 rings (SSSR count). The summed E-state index contributed by atoms with van der Waals surface area (Å²) in [4.78, 5) is 4.02. The Hall–Kier alpha value is -1.26. The van der Waals surface area contributed by atoms with Crippen LogP contribution in [0.4, 0.5) is 5.69 Å². The quantitative estimate of drug-likeness (QED) is 0.880. The number of ether oxygens (including phenoxy) is 1. The number of halogens is 2. The number of hydrogen-bond acceptors (Lipinski definition) is 3. The molecule has 1 aromatic carbocycles. The molecule has 0 amide bonds. The monoisotopic (exact) mass is 312 g/mol. The van der Waals surface area contributed by atoms with Crippen molar-refractivity contribution in [1.29, 1.82) is 0 Å². The van der Waals surface area contributed by atoms with Crippen molar-refractivity contribution >= 4 is 33.2 Å². The van der Waals surface area contributed by atoms with Crippen molar-refractivity contribution in [2.24, 2.45) is 0 Å². The highest BCUT2D eigenvalue weighted by Crippen LogP contribution is 2.23. The molecule has 2 aromatic rings. The highest BCUT2D eigenvalue weighted by Gasteiger charge is 2.05. The number of benzene rings is 1. The van der Waals surface area contributed by atoms with Gasteiger partial charge in [-0.2, -0.15) is 4.98 Å². The van der Waals surface area contributed by atoms with Crippen LogP contribution in [0.25, 0.3) is 0 Å². The normalized spacial score (nSPS) is 10.2. The second-order valence-electron chi connectivity index (χ2n) is 3.41. The Morgan fingerprint density at radius 2 is 2.00 bits per heavy atom. The first kappa shape index (κ1) is 12.2. The van der Waals surface area contributed by atoms with Gasteiger partial charge in [0.25, 0.3) is 0 Å². The average molecular weight is 314 g/mol. The zero-order valence-electron chi connectivity index (χ0n) is 8.86. The van der Waals surface area contributed by atoms with E-state index in [0.717, 1.165) is 10.0 Å². The molecule has 0 unspecified atom stereocenters. The fourth-order valence-electron chi connectivity index (χ4n) is 1.31. The Labute approximate surface area is 113 Å². The van der Waals surface area contributed by atoms with Gasteiger partial charge in [-0.15, -0.1) is 0 Å². The van der Waals surface area contributed by atoms with Crippen LogP contribution in [-0.4, -0.2) is 4.98 Å². The van der Waals surface area contributed by atoms with E-state index in [0.29, 0.717) is 23.3 Å². The van der Waals surface area contributed by atoms with Crippen molar-refractivity contribution in [3.8, 4) is 5.88 Å². The molecule has 0 radical (unpaired) electrons. The van der Waals surface area contributed by atoms with Gasteiger partial charge in [0.2, 0.25) is 5.88 Å². The predicted octanol–water partition coefficient (Wildman–Crippen LogP) is 3.66. The van der Waals surface area contributed by atoms with Gasteiger partial charge in [0.05, 0.1) is 5.69 Å². The van der Waals surface area contributed by atoms with Crippen LogP contribution in [0.5, 0.6) is 5.88 Å². The number of nitrogens with zero attached hydrogens (tertiary/aromatic N) is 1. The summed E-state index contributed by atoms with van der Waals surface area (Å²) in [6, 6.07) is 11.1. The van der Waals surface area contributed by atoms with Gasteiger partial charge in [-0.05, 0) is 18.2 Å². The van der Waals surface area contributed by atoms with Crippen LogP contribution in [0.1, 0.15) is 5.56 Å². The van der Waals surface area contributed by atoms with Crippen molar-refractivity contribution < 1.29 is 4.74 Å². The van der Waals surface area contributed by atoms with Gasteiger partial charge in [-0.1, -0.05) is 45.7 Å². The maximum Gasteiger partial charge on any atom is 0.238 e. The second kappa shape index (κ2) is 5.38. The van der Waals surface area contributed by atoms with Crippen molar-refractivity contribution in [2.75, 3.05) is 5.73 Å². The lowest BCUT2D eigenvalue weighted by Gasteiger charge is -2.09. The molecule has 0 saturated heterocycles. The molecule has 1 aromatic heterocycles. The Bertz CT molecular complexity index is 534. The minimum Gasteiger partial charge on any atom is -0.471 e. The van der Waals surface area contributed by atoms with E-state index >= 15 is 0 Å². The number of anilines is 1. The predicted molar refractivity (Wildman–Crippen MR) is 72.1 cm³/mol. The van der Waals surface area contributed by atoms with E-state index in [1.54, 1.807) is 12.1 Å². The summed E-state index contributed by atoms with van der Waals surface area (Å²) in [7, 11) is 0. The molecule has 0 aliphatic rings. The molecule has 2 N–H and O–H groups in total. The summed E-state index contributed by atoms with van der Waals surface area (Å²) in [6.07, 6.45) is 0. The van der Waals surface area contributed by atoms with Crippen LogP contribution in [-0.2, 0) is 6.61 Å². The van der Waals surface area contributed by atoms with Gasteiger partial charge in [0, 0.05) is 10.0 Å². The van der Waals surface area contributed by atoms with E-state index < -0.39 is 0 Å². The summed E-state index contributed by atoms with van der Waals surface area (Å²) in [5.74, 6) is 0.355. The lowest BCUT2D eigenvalue weighted by Crippen LogP contribution is -2.01. The molecule has 0 bridgehead atoms. The number of nitrogens with two attached hydrogens (primary N) is 1. The van der Waals surface area contributed by atoms with Crippen LogP contribution in [0, 0.1) is 0 Å². The number of pyridine rings is 1. The number of aromatic nitrogens is 1. The third-order valence-electron chi connectivity index (χ3n) is 2.18. The first-order valence-electron chi connectivity index (χ1n) is 4.95. The summed E-state index contributed by atoms with van der Waals surface area (Å²) in [5, 5.41) is 0.362. The van der Waals surface area contributed by atoms with E-state index in [1.165, 1.54) is 0 Å². The van der Waals surface area contributed by atoms with Gasteiger partial charge >= 0.3 is 0 Å². The van der Waals surface area contributed by atoms with E-state index in [2.05, 4.69) is 20.9 Å². The molecular weight excluding hydrogens is 304 g/mol. The molecular formula is C12H10BrClN2O. The summed E-state index contributed by atoms with van der Waals surface area (Å²) in [6.45, 7) is 0.388. The highest BCUT2D eigenvalue weighted by molar-refractivity contribution is 9.10. The summed E-state index contributed by atoms with van der Waals surface area (Å²) >= 11 is 9.22. The number of nitrogen functional groups attached to an aromatic ring is 1. The Kier molecular flexibility index (Phi) is 3.86. The van der Waals surface area contributed by atoms with Gasteiger partial charge in [-0.3, -0.25) is 0 Å². The maximum absolute atomic E-state index is 5.77. The zero-order chi connectivity index (χ0) is 12.3. The third kappa shape index (κ3) is 3.11.